The van der Waals surface area contributed by atoms with Crippen molar-refractivity contribution >= 4 is 10.9 Å². The van der Waals surface area contributed by atoms with Crippen molar-refractivity contribution in [2.75, 3.05) is 24.7 Å². The number of aliphatic hydroxyl groups excluding tert-OH is 5. The first-order valence-electron chi connectivity index (χ1n) is 9.06. The summed E-state index contributed by atoms with van der Waals surface area (Å²) in [5.41, 5.74) is -1.19. The van der Waals surface area contributed by atoms with Crippen LogP contribution in [0.1, 0.15) is 17.4 Å². The fraction of sp³-hybridized carbons (Fsp3) is 0.667. The van der Waals surface area contributed by atoms with Gasteiger partial charge in [-0.25, -0.2) is 0 Å². The Hall–Kier alpha value is -0.920. The highest BCUT2D eigenvalue weighted by Gasteiger charge is 2.51. The van der Waals surface area contributed by atoms with E-state index in [2.05, 4.69) is 0 Å². The first kappa shape index (κ1) is 22.8. The van der Waals surface area contributed by atoms with Gasteiger partial charge in [0.05, 0.1) is 18.8 Å². The molecule has 0 amide bonds. The third-order valence-corrected chi connectivity index (χ3v) is 7.95. The zero-order valence-corrected chi connectivity index (χ0v) is 16.1. The quantitative estimate of drug-likeness (QED) is 0.393. The van der Waals surface area contributed by atoms with E-state index in [-0.39, 0.29) is 30.3 Å². The lowest BCUT2D eigenvalue weighted by Crippen LogP contribution is -2.50. The summed E-state index contributed by atoms with van der Waals surface area (Å²) in [6.07, 6.45) is -12.0. The largest absolute Gasteiger partial charge is 0.416 e. The summed E-state index contributed by atoms with van der Waals surface area (Å²) in [4.78, 5) is 0. The van der Waals surface area contributed by atoms with E-state index in [0.717, 1.165) is 6.07 Å². The number of halogens is 3. The van der Waals surface area contributed by atoms with Gasteiger partial charge in [0.25, 0.3) is 0 Å². The van der Waals surface area contributed by atoms with Crippen LogP contribution in [0.2, 0.25) is 0 Å². The molecule has 8 atom stereocenters. The van der Waals surface area contributed by atoms with Crippen molar-refractivity contribution in [2.45, 2.75) is 48.2 Å². The standard InChI is InChI=1S/C18H24F3O7S/c19-18(20,21)10-4-2-1-3-9(10)17-27-6-11(23)16(28-17)13(25)8-29-7-12(24)15(26)14(29)5-22/h1-4,11-17,22-26H,5-8H2/q+1/t11-,12-,13-,14-,15+,16+,17?,29?/m1/s1. The van der Waals surface area contributed by atoms with Gasteiger partial charge in [-0.3, -0.25) is 0 Å². The first-order chi connectivity index (χ1) is 13.6. The lowest BCUT2D eigenvalue weighted by molar-refractivity contribution is -0.274. The second-order valence-electron chi connectivity index (χ2n) is 7.14. The minimum Gasteiger partial charge on any atom is -0.391 e. The lowest BCUT2D eigenvalue weighted by atomic mass is 10.0. The molecule has 0 aliphatic carbocycles. The van der Waals surface area contributed by atoms with Gasteiger partial charge in [-0.15, -0.1) is 0 Å². The average molecular weight is 441 g/mol. The number of aliphatic hydroxyl groups is 5. The Morgan fingerprint density at radius 2 is 1.83 bits per heavy atom. The number of ether oxygens (including phenoxy) is 2. The number of benzene rings is 1. The molecule has 2 heterocycles. The monoisotopic (exact) mass is 441 g/mol. The van der Waals surface area contributed by atoms with Crippen molar-refractivity contribution in [3.8, 4) is 0 Å². The maximum absolute atomic E-state index is 13.3. The molecule has 2 aliphatic rings. The summed E-state index contributed by atoms with van der Waals surface area (Å²) in [5, 5.41) is 49.3. The van der Waals surface area contributed by atoms with Crippen LogP contribution in [0.15, 0.2) is 24.3 Å². The lowest BCUT2D eigenvalue weighted by Gasteiger charge is -2.37. The van der Waals surface area contributed by atoms with E-state index < -0.39 is 64.7 Å². The van der Waals surface area contributed by atoms with Crippen LogP contribution >= 0.6 is 0 Å². The second-order valence-corrected chi connectivity index (χ2v) is 9.48. The zero-order chi connectivity index (χ0) is 21.3. The summed E-state index contributed by atoms with van der Waals surface area (Å²) < 4.78 is 50.6. The summed E-state index contributed by atoms with van der Waals surface area (Å²) in [5.74, 6) is 0.178. The molecule has 164 valence electrons. The second kappa shape index (κ2) is 9.06. The van der Waals surface area contributed by atoms with Crippen LogP contribution < -0.4 is 0 Å². The van der Waals surface area contributed by atoms with Crippen LogP contribution in [-0.4, -0.2) is 86.0 Å². The van der Waals surface area contributed by atoms with Crippen LogP contribution in [0.3, 0.4) is 0 Å². The highest BCUT2D eigenvalue weighted by atomic mass is 32.2. The average Bonchev–Trinajstić information content (AvgIpc) is 2.94. The van der Waals surface area contributed by atoms with Crippen LogP contribution in [-0.2, 0) is 26.5 Å². The molecule has 0 bridgehead atoms. The fourth-order valence-corrected chi connectivity index (χ4v) is 6.31. The molecule has 2 fully saturated rings. The molecular weight excluding hydrogens is 417 g/mol. The molecule has 1 aromatic rings. The van der Waals surface area contributed by atoms with Crippen molar-refractivity contribution in [2.24, 2.45) is 0 Å². The molecule has 5 N–H and O–H groups in total. The molecule has 0 spiro atoms. The fourth-order valence-electron chi connectivity index (χ4n) is 3.63. The number of rotatable bonds is 5. The van der Waals surface area contributed by atoms with E-state index in [0.29, 0.717) is 0 Å². The van der Waals surface area contributed by atoms with Gasteiger partial charge < -0.3 is 35.0 Å². The van der Waals surface area contributed by atoms with E-state index in [1.165, 1.54) is 18.2 Å². The maximum atomic E-state index is 13.3. The number of alkyl halides is 3. The molecule has 29 heavy (non-hydrogen) atoms. The molecule has 1 aromatic carbocycles. The molecule has 3 rings (SSSR count). The zero-order valence-electron chi connectivity index (χ0n) is 15.3. The molecule has 0 aromatic heterocycles. The first-order valence-corrected chi connectivity index (χ1v) is 10.7. The van der Waals surface area contributed by atoms with Gasteiger partial charge in [-0.1, -0.05) is 18.2 Å². The Labute approximate surface area is 168 Å². The minimum absolute atomic E-state index is 0.00864. The molecule has 0 saturated carbocycles. The van der Waals surface area contributed by atoms with Gasteiger partial charge in [0.1, 0.15) is 42.0 Å². The highest BCUT2D eigenvalue weighted by Crippen LogP contribution is 2.38. The molecule has 11 heteroatoms. The van der Waals surface area contributed by atoms with Gasteiger partial charge in [-0.2, -0.15) is 13.2 Å². The Morgan fingerprint density at radius 1 is 1.14 bits per heavy atom. The molecular formula is C18H24F3O7S+. The van der Waals surface area contributed by atoms with Crippen molar-refractivity contribution in [1.82, 2.24) is 0 Å². The van der Waals surface area contributed by atoms with Crippen LogP contribution in [0, 0.1) is 0 Å². The third kappa shape index (κ3) is 4.88. The van der Waals surface area contributed by atoms with Crippen molar-refractivity contribution in [3.63, 3.8) is 0 Å². The molecule has 7 nitrogen and oxygen atoms in total. The topological polar surface area (TPSA) is 120 Å². The van der Waals surface area contributed by atoms with Crippen LogP contribution in [0.4, 0.5) is 13.2 Å². The van der Waals surface area contributed by atoms with Gasteiger partial charge in [0, 0.05) is 16.5 Å². The van der Waals surface area contributed by atoms with E-state index in [1.807, 2.05) is 0 Å². The summed E-state index contributed by atoms with van der Waals surface area (Å²) in [7, 11) is -0.758. The van der Waals surface area contributed by atoms with E-state index in [4.69, 9.17) is 9.47 Å². The smallest absolute Gasteiger partial charge is 0.391 e. The summed E-state index contributed by atoms with van der Waals surface area (Å²) in [6.45, 7) is -0.714. The molecule has 2 saturated heterocycles. The van der Waals surface area contributed by atoms with Gasteiger partial charge in [-0.05, 0) is 6.07 Å². The molecule has 0 radical (unpaired) electrons. The van der Waals surface area contributed by atoms with Crippen LogP contribution in [0.5, 0.6) is 0 Å². The number of hydrogen-bond donors (Lipinski definition) is 5. The van der Waals surface area contributed by atoms with Crippen molar-refractivity contribution in [3.05, 3.63) is 35.4 Å². The predicted molar refractivity (Wildman–Crippen MR) is 97.0 cm³/mol. The minimum atomic E-state index is -4.63. The normalized spacial score (nSPS) is 36.9. The Bertz CT molecular complexity index is 692. The third-order valence-electron chi connectivity index (χ3n) is 5.13. The summed E-state index contributed by atoms with van der Waals surface area (Å²) in [6, 6.07) is 4.75. The molecule has 2 aliphatic heterocycles. The Morgan fingerprint density at radius 3 is 2.48 bits per heavy atom. The SMILES string of the molecule is OC[C@@H]1[C@@H](O)[C@H](O)C[S+]1C[C@@H](O)[C@H]1OC(c2ccccc2C(F)(F)F)OC[C@H]1O. The number of hydrogen-bond acceptors (Lipinski definition) is 7. The highest BCUT2D eigenvalue weighted by molar-refractivity contribution is 7.97. The van der Waals surface area contributed by atoms with E-state index in [1.54, 1.807) is 0 Å². The Balaban J connectivity index is 1.74. The van der Waals surface area contributed by atoms with E-state index >= 15 is 0 Å². The maximum Gasteiger partial charge on any atom is 0.416 e. The van der Waals surface area contributed by atoms with Crippen molar-refractivity contribution < 1.29 is 48.2 Å². The molecule has 2 unspecified atom stereocenters. The van der Waals surface area contributed by atoms with Crippen molar-refractivity contribution in [1.29, 1.82) is 0 Å². The van der Waals surface area contributed by atoms with Gasteiger partial charge in [0.2, 0.25) is 0 Å². The van der Waals surface area contributed by atoms with Gasteiger partial charge >= 0.3 is 6.18 Å². The van der Waals surface area contributed by atoms with Gasteiger partial charge in [0.15, 0.2) is 11.5 Å². The predicted octanol–water partition coefficient (Wildman–Crippen LogP) is -0.444. The van der Waals surface area contributed by atoms with Crippen LogP contribution in [0.25, 0.3) is 0 Å². The summed E-state index contributed by atoms with van der Waals surface area (Å²) >= 11 is 0. The van der Waals surface area contributed by atoms with E-state index in [9.17, 15) is 38.7 Å². The Kier molecular flexibility index (Phi) is 7.11.